The molecule has 0 spiro atoms. The summed E-state index contributed by atoms with van der Waals surface area (Å²) in [7, 11) is 0. The molecule has 0 N–H and O–H groups in total. The number of pyridine rings is 1. The number of aromatic nitrogens is 3. The van der Waals surface area contributed by atoms with Crippen molar-refractivity contribution in [2.75, 3.05) is 19.6 Å². The van der Waals surface area contributed by atoms with Crippen molar-refractivity contribution in [2.24, 2.45) is 0 Å². The largest absolute Gasteiger partial charge is 0.373 e. The van der Waals surface area contributed by atoms with Gasteiger partial charge in [-0.05, 0) is 26.0 Å². The molecule has 2 atom stereocenters. The minimum absolute atomic E-state index is 0.0741. The number of fused-ring (bicyclic) bond motifs is 1. The lowest BCUT2D eigenvalue weighted by Crippen LogP contribution is -2.46. The molecule has 0 aromatic carbocycles. The van der Waals surface area contributed by atoms with Crippen LogP contribution in [0.1, 0.15) is 13.8 Å². The Kier molecular flexibility index (Phi) is 3.58. The molecule has 1 aliphatic rings. The molecule has 1 aliphatic heterocycles. The molecule has 6 nitrogen and oxygen atoms in total. The molecule has 6 heteroatoms. The molecule has 0 unspecified atom stereocenters. The van der Waals surface area contributed by atoms with Crippen LogP contribution in [0.4, 0.5) is 0 Å². The lowest BCUT2D eigenvalue weighted by Gasteiger charge is -2.35. The molecule has 0 bridgehead atoms. The topological polar surface area (TPSA) is 51.8 Å². The summed E-state index contributed by atoms with van der Waals surface area (Å²) in [5.41, 5.74) is 0.621. The van der Waals surface area contributed by atoms with E-state index in [4.69, 9.17) is 4.74 Å². The third-order valence-corrected chi connectivity index (χ3v) is 3.61. The zero-order chi connectivity index (χ0) is 14.1. The monoisotopic (exact) mass is 276 g/mol. The second-order valence-electron chi connectivity index (χ2n) is 5.45. The van der Waals surface area contributed by atoms with Crippen molar-refractivity contribution in [3.05, 3.63) is 34.9 Å². The van der Waals surface area contributed by atoms with E-state index in [1.807, 2.05) is 18.2 Å². The second-order valence-corrected chi connectivity index (χ2v) is 5.45. The minimum Gasteiger partial charge on any atom is -0.373 e. The van der Waals surface area contributed by atoms with Gasteiger partial charge in [0, 0.05) is 25.8 Å². The van der Waals surface area contributed by atoms with Crippen molar-refractivity contribution >= 4 is 5.65 Å². The molecular formula is C14H20N4O2. The average molecular weight is 276 g/mol. The molecule has 0 radical (unpaired) electrons. The van der Waals surface area contributed by atoms with Gasteiger partial charge in [-0.1, -0.05) is 6.07 Å². The van der Waals surface area contributed by atoms with Crippen LogP contribution in [0.15, 0.2) is 29.2 Å². The molecule has 108 valence electrons. The summed E-state index contributed by atoms with van der Waals surface area (Å²) in [6.45, 7) is 7.42. The molecular weight excluding hydrogens is 256 g/mol. The van der Waals surface area contributed by atoms with Gasteiger partial charge in [0.05, 0.1) is 18.8 Å². The Morgan fingerprint density at radius 1 is 1.25 bits per heavy atom. The Balaban J connectivity index is 1.71. The smallest absolute Gasteiger partial charge is 0.350 e. The van der Waals surface area contributed by atoms with Gasteiger partial charge in [-0.2, -0.15) is 0 Å². The number of hydrogen-bond acceptors (Lipinski definition) is 4. The molecule has 20 heavy (non-hydrogen) atoms. The summed E-state index contributed by atoms with van der Waals surface area (Å²) in [4.78, 5) is 14.5. The Labute approximate surface area is 117 Å². The standard InChI is InChI=1S/C14H20N4O2/c1-11-9-16(10-12(2)20-11)7-8-18-14(19)17-6-4-3-5-13(17)15-18/h3-6,11-12H,7-10H2,1-2H3/t11-,12-/m0/s1. The molecule has 3 rings (SSSR count). The van der Waals surface area contributed by atoms with Crippen LogP contribution < -0.4 is 5.69 Å². The van der Waals surface area contributed by atoms with Crippen LogP contribution in [0.25, 0.3) is 5.65 Å². The molecule has 0 aliphatic carbocycles. The number of rotatable bonds is 3. The van der Waals surface area contributed by atoms with Crippen LogP contribution in [0.5, 0.6) is 0 Å². The Morgan fingerprint density at radius 3 is 2.70 bits per heavy atom. The van der Waals surface area contributed by atoms with Crippen LogP contribution in [0.3, 0.4) is 0 Å². The molecule has 2 aromatic heterocycles. The molecule has 0 saturated carbocycles. The van der Waals surface area contributed by atoms with Crippen molar-refractivity contribution in [3.63, 3.8) is 0 Å². The maximum Gasteiger partial charge on any atom is 0.350 e. The van der Waals surface area contributed by atoms with E-state index >= 15 is 0 Å². The molecule has 1 saturated heterocycles. The first-order valence-electron chi connectivity index (χ1n) is 7.05. The van der Waals surface area contributed by atoms with Crippen LogP contribution in [-0.4, -0.2) is 50.9 Å². The van der Waals surface area contributed by atoms with E-state index in [2.05, 4.69) is 23.8 Å². The van der Waals surface area contributed by atoms with Gasteiger partial charge in [0.15, 0.2) is 5.65 Å². The van der Waals surface area contributed by atoms with Crippen molar-refractivity contribution < 1.29 is 4.74 Å². The summed E-state index contributed by atoms with van der Waals surface area (Å²) >= 11 is 0. The summed E-state index contributed by atoms with van der Waals surface area (Å²) in [5, 5.41) is 4.34. The van der Waals surface area contributed by atoms with Gasteiger partial charge in [0.25, 0.3) is 0 Å². The van der Waals surface area contributed by atoms with E-state index in [1.165, 1.54) is 0 Å². The number of hydrogen-bond donors (Lipinski definition) is 0. The third-order valence-electron chi connectivity index (χ3n) is 3.61. The highest BCUT2D eigenvalue weighted by atomic mass is 16.5. The lowest BCUT2D eigenvalue weighted by molar-refractivity contribution is -0.0687. The predicted molar refractivity (Wildman–Crippen MR) is 75.9 cm³/mol. The van der Waals surface area contributed by atoms with E-state index in [-0.39, 0.29) is 17.9 Å². The maximum absolute atomic E-state index is 12.2. The van der Waals surface area contributed by atoms with Gasteiger partial charge in [0.1, 0.15) is 0 Å². The molecule has 3 heterocycles. The van der Waals surface area contributed by atoms with Gasteiger partial charge < -0.3 is 4.74 Å². The fourth-order valence-electron chi connectivity index (χ4n) is 2.82. The van der Waals surface area contributed by atoms with Crippen LogP contribution in [0.2, 0.25) is 0 Å². The van der Waals surface area contributed by atoms with Gasteiger partial charge in [0.2, 0.25) is 0 Å². The third kappa shape index (κ3) is 2.62. The van der Waals surface area contributed by atoms with Crippen molar-refractivity contribution in [2.45, 2.75) is 32.6 Å². The number of nitrogens with zero attached hydrogens (tertiary/aromatic N) is 4. The molecule has 2 aromatic rings. The van der Waals surface area contributed by atoms with Crippen molar-refractivity contribution in [3.8, 4) is 0 Å². The highest BCUT2D eigenvalue weighted by Crippen LogP contribution is 2.10. The van der Waals surface area contributed by atoms with Crippen LogP contribution in [-0.2, 0) is 11.3 Å². The van der Waals surface area contributed by atoms with Crippen molar-refractivity contribution in [1.29, 1.82) is 0 Å². The zero-order valence-electron chi connectivity index (χ0n) is 11.9. The van der Waals surface area contributed by atoms with Gasteiger partial charge in [-0.25, -0.2) is 9.48 Å². The summed E-state index contributed by atoms with van der Waals surface area (Å²) in [6, 6.07) is 5.57. The first-order chi connectivity index (χ1) is 9.63. The first kappa shape index (κ1) is 13.3. The lowest BCUT2D eigenvalue weighted by atomic mass is 10.2. The van der Waals surface area contributed by atoms with Crippen molar-refractivity contribution in [1.82, 2.24) is 19.1 Å². The Morgan fingerprint density at radius 2 is 2.00 bits per heavy atom. The van der Waals surface area contributed by atoms with E-state index < -0.39 is 0 Å². The zero-order valence-corrected chi connectivity index (χ0v) is 11.9. The van der Waals surface area contributed by atoms with Gasteiger partial charge in [-0.3, -0.25) is 9.30 Å². The minimum atomic E-state index is -0.0741. The summed E-state index contributed by atoms with van der Waals surface area (Å²) in [6.07, 6.45) is 2.24. The maximum atomic E-state index is 12.2. The van der Waals surface area contributed by atoms with Gasteiger partial charge in [-0.15, -0.1) is 5.10 Å². The fraction of sp³-hybridized carbons (Fsp3) is 0.571. The predicted octanol–water partition coefficient (Wildman–Crippen LogP) is 0.605. The fourth-order valence-corrected chi connectivity index (χ4v) is 2.82. The van der Waals surface area contributed by atoms with Crippen LogP contribution in [0, 0.1) is 0 Å². The Hall–Kier alpha value is -1.66. The van der Waals surface area contributed by atoms with E-state index in [1.54, 1.807) is 15.3 Å². The normalized spacial score (nSPS) is 24.3. The number of morpholine rings is 1. The quantitative estimate of drug-likeness (QED) is 0.824. The average Bonchev–Trinajstić information content (AvgIpc) is 2.73. The molecule has 1 fully saturated rings. The van der Waals surface area contributed by atoms with E-state index in [9.17, 15) is 4.79 Å². The highest BCUT2D eigenvalue weighted by Gasteiger charge is 2.22. The molecule has 0 amide bonds. The van der Waals surface area contributed by atoms with Gasteiger partial charge >= 0.3 is 5.69 Å². The first-order valence-corrected chi connectivity index (χ1v) is 7.05. The summed E-state index contributed by atoms with van der Waals surface area (Å²) in [5.74, 6) is 0. The van der Waals surface area contributed by atoms with Crippen LogP contribution >= 0.6 is 0 Å². The Bertz CT molecular complexity index is 638. The second kappa shape index (κ2) is 5.38. The van der Waals surface area contributed by atoms with E-state index in [0.717, 1.165) is 19.6 Å². The highest BCUT2D eigenvalue weighted by molar-refractivity contribution is 5.35. The number of ether oxygens (including phenoxy) is 1. The summed E-state index contributed by atoms with van der Waals surface area (Å²) < 4.78 is 8.83. The SMILES string of the molecule is C[C@H]1CN(CCn2nc3ccccn3c2=O)C[C@H](C)O1. The van der Waals surface area contributed by atoms with E-state index in [0.29, 0.717) is 12.2 Å².